The van der Waals surface area contributed by atoms with Gasteiger partial charge in [0.1, 0.15) is 0 Å². The molecule has 0 heterocycles. The van der Waals surface area contributed by atoms with Gasteiger partial charge < -0.3 is 4.90 Å². The molecule has 0 unspecified atom stereocenters. The predicted molar refractivity (Wildman–Crippen MR) is 110 cm³/mol. The van der Waals surface area contributed by atoms with Gasteiger partial charge in [-0.3, -0.25) is 9.59 Å². The number of anilines is 1. The molecule has 1 aliphatic carbocycles. The molecule has 0 aliphatic heterocycles. The average molecular weight is 392 g/mol. The normalized spacial score (nSPS) is 14.9. The highest BCUT2D eigenvalue weighted by Crippen LogP contribution is 2.36. The number of carbonyl (C=O) groups excluding carboxylic acids is 2. The Hall–Kier alpha value is -1.84. The molecule has 0 radical (unpaired) electrons. The van der Waals surface area contributed by atoms with E-state index in [1.165, 1.54) is 0 Å². The van der Waals surface area contributed by atoms with Crippen molar-refractivity contribution >= 4 is 46.0 Å². The van der Waals surface area contributed by atoms with Crippen LogP contribution in [0, 0.1) is 0 Å². The molecule has 3 nitrogen and oxygen atoms in total. The molecule has 0 aromatic heterocycles. The van der Waals surface area contributed by atoms with Crippen molar-refractivity contribution in [3.8, 4) is 0 Å². The largest absolute Gasteiger partial charge is 0.369 e. The number of para-hydroxylation sites is 1. The molecule has 26 heavy (non-hydrogen) atoms. The molecule has 0 saturated carbocycles. The smallest absolute Gasteiger partial charge is 0.190 e. The molecular weight excluding hydrogens is 369 g/mol. The standard InChI is InChI=1S/C21H23Cl2NO2/c1-4-7-16-14(2)21(26)19(15(3)20(16)25)17-8-5-6-9-18(17)24(12-10-22)13-11-23/h4-6,8-9H,1,7,10-13H2,2-3H3. The lowest BCUT2D eigenvalue weighted by molar-refractivity contribution is -0.115. The molecule has 1 aromatic carbocycles. The molecule has 1 aliphatic rings. The zero-order valence-electron chi connectivity index (χ0n) is 15.1. The Labute approximate surface area is 165 Å². The average Bonchev–Trinajstić information content (AvgIpc) is 2.64. The highest BCUT2D eigenvalue weighted by atomic mass is 35.5. The number of hydrogen-bond donors (Lipinski definition) is 0. The third-order valence-electron chi connectivity index (χ3n) is 4.58. The summed E-state index contributed by atoms with van der Waals surface area (Å²) in [7, 11) is 0. The van der Waals surface area contributed by atoms with Crippen molar-refractivity contribution in [2.24, 2.45) is 0 Å². The van der Waals surface area contributed by atoms with Crippen LogP contribution >= 0.6 is 23.2 Å². The van der Waals surface area contributed by atoms with Gasteiger partial charge in [-0.15, -0.1) is 29.8 Å². The van der Waals surface area contributed by atoms with Crippen molar-refractivity contribution in [1.29, 1.82) is 0 Å². The maximum absolute atomic E-state index is 13.1. The predicted octanol–water partition coefficient (Wildman–Crippen LogP) is 4.79. The minimum absolute atomic E-state index is 0.0898. The molecule has 0 N–H and O–H groups in total. The maximum atomic E-state index is 13.1. The lowest BCUT2D eigenvalue weighted by Crippen LogP contribution is -2.29. The lowest BCUT2D eigenvalue weighted by atomic mass is 9.80. The third-order valence-corrected chi connectivity index (χ3v) is 4.92. The van der Waals surface area contributed by atoms with Crippen LogP contribution in [-0.2, 0) is 9.59 Å². The van der Waals surface area contributed by atoms with Crippen LogP contribution in [0.3, 0.4) is 0 Å². The van der Waals surface area contributed by atoms with Crippen LogP contribution < -0.4 is 4.90 Å². The number of halogens is 2. The Balaban J connectivity index is 2.60. The van der Waals surface area contributed by atoms with Crippen LogP contribution in [0.4, 0.5) is 5.69 Å². The molecule has 0 saturated heterocycles. The fraction of sp³-hybridized carbons (Fsp3) is 0.333. The summed E-state index contributed by atoms with van der Waals surface area (Å²) in [6, 6.07) is 7.59. The number of ketones is 2. The summed E-state index contributed by atoms with van der Waals surface area (Å²) < 4.78 is 0. The molecular formula is C21H23Cl2NO2. The Morgan fingerprint density at radius 2 is 1.62 bits per heavy atom. The van der Waals surface area contributed by atoms with E-state index in [0.29, 0.717) is 53.6 Å². The van der Waals surface area contributed by atoms with E-state index in [9.17, 15) is 9.59 Å². The fourth-order valence-corrected chi connectivity index (χ4v) is 3.65. The van der Waals surface area contributed by atoms with Crippen LogP contribution in [0.5, 0.6) is 0 Å². The summed E-state index contributed by atoms with van der Waals surface area (Å²) in [5, 5.41) is 0. The lowest BCUT2D eigenvalue weighted by Gasteiger charge is -2.28. The minimum atomic E-state index is -0.108. The first-order chi connectivity index (χ1) is 12.5. The van der Waals surface area contributed by atoms with Crippen LogP contribution in [0.15, 0.2) is 53.6 Å². The third kappa shape index (κ3) is 3.94. The highest BCUT2D eigenvalue weighted by molar-refractivity contribution is 6.39. The van der Waals surface area contributed by atoms with E-state index in [2.05, 4.69) is 6.58 Å². The summed E-state index contributed by atoms with van der Waals surface area (Å²) >= 11 is 11.9. The number of nitrogens with zero attached hydrogens (tertiary/aromatic N) is 1. The van der Waals surface area contributed by atoms with Crippen LogP contribution in [-0.4, -0.2) is 36.4 Å². The summed E-state index contributed by atoms with van der Waals surface area (Å²) in [6.07, 6.45) is 2.05. The number of rotatable bonds is 8. The van der Waals surface area contributed by atoms with Crippen molar-refractivity contribution in [2.75, 3.05) is 29.7 Å². The molecule has 0 bridgehead atoms. The van der Waals surface area contributed by atoms with Crippen LogP contribution in [0.1, 0.15) is 25.8 Å². The Morgan fingerprint density at radius 1 is 1.00 bits per heavy atom. The molecule has 5 heteroatoms. The number of alkyl halides is 2. The monoisotopic (exact) mass is 391 g/mol. The van der Waals surface area contributed by atoms with E-state index >= 15 is 0 Å². The Morgan fingerprint density at radius 3 is 2.19 bits per heavy atom. The number of Topliss-reactive ketones (excluding diaryl/α,β-unsaturated/α-hetero) is 2. The van der Waals surface area contributed by atoms with Gasteiger partial charge in [-0.2, -0.15) is 0 Å². The second-order valence-electron chi connectivity index (χ2n) is 6.14. The van der Waals surface area contributed by atoms with Crippen molar-refractivity contribution in [1.82, 2.24) is 0 Å². The van der Waals surface area contributed by atoms with Gasteiger partial charge in [0.2, 0.25) is 0 Å². The first kappa shape index (κ1) is 20.5. The van der Waals surface area contributed by atoms with Crippen molar-refractivity contribution in [3.05, 3.63) is 59.2 Å². The second kappa shape index (κ2) is 9.20. The van der Waals surface area contributed by atoms with Gasteiger partial charge in [-0.05, 0) is 26.3 Å². The van der Waals surface area contributed by atoms with Crippen LogP contribution in [0.25, 0.3) is 5.57 Å². The quantitative estimate of drug-likeness (QED) is 0.363. The summed E-state index contributed by atoms with van der Waals surface area (Å²) in [6.45, 7) is 8.33. The molecule has 138 valence electrons. The first-order valence-corrected chi connectivity index (χ1v) is 9.62. The molecule has 1 aromatic rings. The van der Waals surface area contributed by atoms with Gasteiger partial charge in [0.15, 0.2) is 11.6 Å². The fourth-order valence-electron chi connectivity index (χ4n) is 3.24. The first-order valence-electron chi connectivity index (χ1n) is 8.55. The van der Waals surface area contributed by atoms with E-state index in [0.717, 1.165) is 11.3 Å². The number of hydrogen-bond acceptors (Lipinski definition) is 3. The summed E-state index contributed by atoms with van der Waals surface area (Å²) in [5.41, 5.74) is 3.57. The van der Waals surface area contributed by atoms with E-state index in [-0.39, 0.29) is 11.6 Å². The number of allylic oxidation sites excluding steroid dienone is 5. The molecule has 0 spiro atoms. The zero-order chi connectivity index (χ0) is 19.3. The van der Waals surface area contributed by atoms with Gasteiger partial charge in [-0.25, -0.2) is 0 Å². The van der Waals surface area contributed by atoms with Gasteiger partial charge >= 0.3 is 0 Å². The van der Waals surface area contributed by atoms with E-state index in [1.54, 1.807) is 19.9 Å². The van der Waals surface area contributed by atoms with Gasteiger partial charge in [0.25, 0.3) is 0 Å². The SMILES string of the molecule is C=CCC1=C(C)C(=O)C(c2ccccc2N(CCCl)CCCl)=C(C)C1=O. The second-order valence-corrected chi connectivity index (χ2v) is 6.89. The summed E-state index contributed by atoms with van der Waals surface area (Å²) in [5.74, 6) is 0.688. The number of benzene rings is 1. The molecule has 0 atom stereocenters. The minimum Gasteiger partial charge on any atom is -0.369 e. The Kier molecular flexibility index (Phi) is 7.24. The van der Waals surface area contributed by atoms with E-state index < -0.39 is 0 Å². The van der Waals surface area contributed by atoms with E-state index in [1.807, 2.05) is 29.2 Å². The van der Waals surface area contributed by atoms with Gasteiger partial charge in [-0.1, -0.05) is 24.3 Å². The Bertz CT molecular complexity index is 787. The van der Waals surface area contributed by atoms with Gasteiger partial charge in [0, 0.05) is 58.4 Å². The number of carbonyl (C=O) groups is 2. The van der Waals surface area contributed by atoms with Crippen molar-refractivity contribution < 1.29 is 9.59 Å². The highest BCUT2D eigenvalue weighted by Gasteiger charge is 2.31. The van der Waals surface area contributed by atoms with Crippen molar-refractivity contribution in [3.63, 3.8) is 0 Å². The maximum Gasteiger partial charge on any atom is 0.190 e. The molecule has 0 amide bonds. The van der Waals surface area contributed by atoms with Crippen molar-refractivity contribution in [2.45, 2.75) is 20.3 Å². The van der Waals surface area contributed by atoms with E-state index in [4.69, 9.17) is 23.2 Å². The van der Waals surface area contributed by atoms with Crippen LogP contribution in [0.2, 0.25) is 0 Å². The topological polar surface area (TPSA) is 37.4 Å². The van der Waals surface area contributed by atoms with Gasteiger partial charge in [0.05, 0.1) is 0 Å². The summed E-state index contributed by atoms with van der Waals surface area (Å²) in [4.78, 5) is 27.9. The molecule has 0 fully saturated rings. The molecule has 2 rings (SSSR count). The zero-order valence-corrected chi connectivity index (χ0v) is 16.7.